The molecule has 0 aromatic heterocycles. The monoisotopic (exact) mass is 384 g/mol. The minimum absolute atomic E-state index is 0.0282. The van der Waals surface area contributed by atoms with Gasteiger partial charge in [0.15, 0.2) is 0 Å². The number of benzene rings is 2. The fourth-order valence-electron chi connectivity index (χ4n) is 3.81. The van der Waals surface area contributed by atoms with Crippen LogP contribution in [0.2, 0.25) is 0 Å². The molecule has 28 heavy (non-hydrogen) atoms. The predicted octanol–water partition coefficient (Wildman–Crippen LogP) is 3.80. The maximum Gasteiger partial charge on any atom is 0.224 e. The smallest absolute Gasteiger partial charge is 0.224 e. The van der Waals surface area contributed by atoms with Gasteiger partial charge < -0.3 is 10.1 Å². The third-order valence-electron chi connectivity index (χ3n) is 5.31. The van der Waals surface area contributed by atoms with Gasteiger partial charge in [-0.2, -0.15) is 0 Å². The number of hydrogen-bond acceptors (Lipinski definition) is 3. The summed E-state index contributed by atoms with van der Waals surface area (Å²) in [6, 6.07) is 14.6. The van der Waals surface area contributed by atoms with Gasteiger partial charge in [-0.3, -0.25) is 9.69 Å². The van der Waals surface area contributed by atoms with Crippen LogP contribution in [0.3, 0.4) is 0 Å². The van der Waals surface area contributed by atoms with Crippen molar-refractivity contribution < 1.29 is 13.9 Å². The Morgan fingerprint density at radius 3 is 2.79 bits per heavy atom. The third-order valence-corrected chi connectivity index (χ3v) is 5.31. The van der Waals surface area contributed by atoms with Gasteiger partial charge in [-0.05, 0) is 61.6 Å². The SMILES string of the molecule is COc1ccccc1CCCNC(=O)[C@H]1CCCN(Cc2ccc(F)cc2)C1. The van der Waals surface area contributed by atoms with Crippen LogP contribution in [0, 0.1) is 11.7 Å². The number of halogens is 1. The first-order chi connectivity index (χ1) is 13.7. The number of aryl methyl sites for hydroxylation is 1. The number of methoxy groups -OCH3 is 1. The van der Waals surface area contributed by atoms with E-state index in [9.17, 15) is 9.18 Å². The van der Waals surface area contributed by atoms with Crippen LogP contribution in [-0.2, 0) is 17.8 Å². The number of piperidine rings is 1. The molecule has 0 unspecified atom stereocenters. The van der Waals surface area contributed by atoms with E-state index >= 15 is 0 Å². The van der Waals surface area contributed by atoms with E-state index in [1.807, 2.05) is 30.3 Å². The summed E-state index contributed by atoms with van der Waals surface area (Å²) < 4.78 is 18.4. The molecule has 2 aromatic carbocycles. The predicted molar refractivity (Wildman–Crippen MR) is 109 cm³/mol. The van der Waals surface area contributed by atoms with Gasteiger partial charge in [0.25, 0.3) is 0 Å². The number of likely N-dealkylation sites (tertiary alicyclic amines) is 1. The number of amides is 1. The molecule has 1 fully saturated rings. The number of para-hydroxylation sites is 1. The zero-order chi connectivity index (χ0) is 19.8. The van der Waals surface area contributed by atoms with E-state index in [2.05, 4.69) is 16.3 Å². The molecule has 1 N–H and O–H groups in total. The second kappa shape index (κ2) is 10.2. The molecule has 0 bridgehead atoms. The number of nitrogens with one attached hydrogen (secondary N) is 1. The first-order valence-corrected chi connectivity index (χ1v) is 10.0. The topological polar surface area (TPSA) is 41.6 Å². The average molecular weight is 384 g/mol. The molecule has 1 aliphatic heterocycles. The molecule has 1 aliphatic rings. The summed E-state index contributed by atoms with van der Waals surface area (Å²) in [7, 11) is 1.68. The summed E-state index contributed by atoms with van der Waals surface area (Å²) in [6.45, 7) is 3.17. The Hall–Kier alpha value is -2.40. The first-order valence-electron chi connectivity index (χ1n) is 10.0. The van der Waals surface area contributed by atoms with E-state index in [0.717, 1.165) is 56.6 Å². The lowest BCUT2D eigenvalue weighted by atomic mass is 9.96. The van der Waals surface area contributed by atoms with Crippen molar-refractivity contribution in [2.24, 2.45) is 5.92 Å². The number of carbonyl (C=O) groups is 1. The lowest BCUT2D eigenvalue weighted by Gasteiger charge is -2.32. The van der Waals surface area contributed by atoms with Gasteiger partial charge >= 0.3 is 0 Å². The molecule has 0 saturated carbocycles. The fraction of sp³-hybridized carbons (Fsp3) is 0.435. The van der Waals surface area contributed by atoms with Crippen LogP contribution in [0.4, 0.5) is 4.39 Å². The van der Waals surface area contributed by atoms with E-state index in [-0.39, 0.29) is 17.6 Å². The van der Waals surface area contributed by atoms with Crippen LogP contribution in [0.15, 0.2) is 48.5 Å². The third kappa shape index (κ3) is 5.80. The zero-order valence-corrected chi connectivity index (χ0v) is 16.5. The number of hydrogen-bond donors (Lipinski definition) is 1. The Balaban J connectivity index is 1.42. The van der Waals surface area contributed by atoms with Gasteiger partial charge in [-0.1, -0.05) is 30.3 Å². The van der Waals surface area contributed by atoms with Crippen molar-refractivity contribution in [2.45, 2.75) is 32.2 Å². The molecule has 0 aliphatic carbocycles. The van der Waals surface area contributed by atoms with E-state index in [1.54, 1.807) is 7.11 Å². The molecule has 2 aromatic rings. The summed E-state index contributed by atoms with van der Waals surface area (Å²) in [5, 5.41) is 3.10. The molecule has 0 radical (unpaired) electrons. The number of carbonyl (C=O) groups excluding carboxylic acids is 1. The number of rotatable bonds is 8. The van der Waals surface area contributed by atoms with Crippen LogP contribution < -0.4 is 10.1 Å². The summed E-state index contributed by atoms with van der Waals surface area (Å²) in [4.78, 5) is 14.9. The molecule has 0 spiro atoms. The van der Waals surface area contributed by atoms with Crippen LogP contribution in [0.25, 0.3) is 0 Å². The quantitative estimate of drug-likeness (QED) is 0.704. The Morgan fingerprint density at radius 2 is 2.00 bits per heavy atom. The Labute approximate surface area is 166 Å². The van der Waals surface area contributed by atoms with Gasteiger partial charge in [0.1, 0.15) is 11.6 Å². The van der Waals surface area contributed by atoms with Gasteiger partial charge in [-0.15, -0.1) is 0 Å². The number of ether oxygens (including phenoxy) is 1. The van der Waals surface area contributed by atoms with Gasteiger partial charge in [0, 0.05) is 19.6 Å². The molecule has 1 saturated heterocycles. The van der Waals surface area contributed by atoms with Crippen molar-refractivity contribution in [1.82, 2.24) is 10.2 Å². The maximum atomic E-state index is 13.1. The molecule has 1 heterocycles. The highest BCUT2D eigenvalue weighted by atomic mass is 19.1. The summed E-state index contributed by atoms with van der Waals surface area (Å²) in [6.07, 6.45) is 3.71. The van der Waals surface area contributed by atoms with Crippen molar-refractivity contribution >= 4 is 5.91 Å². The van der Waals surface area contributed by atoms with Crippen LogP contribution in [0.1, 0.15) is 30.4 Å². The van der Waals surface area contributed by atoms with Crippen molar-refractivity contribution in [2.75, 3.05) is 26.7 Å². The number of nitrogens with zero attached hydrogens (tertiary/aromatic N) is 1. The molecular weight excluding hydrogens is 355 g/mol. The summed E-state index contributed by atoms with van der Waals surface area (Å²) in [5.74, 6) is 0.856. The second-order valence-corrected chi connectivity index (χ2v) is 7.41. The van der Waals surface area contributed by atoms with E-state index < -0.39 is 0 Å². The largest absolute Gasteiger partial charge is 0.496 e. The molecule has 1 atom stereocenters. The van der Waals surface area contributed by atoms with Gasteiger partial charge in [-0.25, -0.2) is 4.39 Å². The van der Waals surface area contributed by atoms with Crippen molar-refractivity contribution in [3.05, 3.63) is 65.5 Å². The highest BCUT2D eigenvalue weighted by Gasteiger charge is 2.25. The Morgan fingerprint density at radius 1 is 1.21 bits per heavy atom. The minimum Gasteiger partial charge on any atom is -0.496 e. The molecule has 5 heteroatoms. The minimum atomic E-state index is -0.215. The first kappa shape index (κ1) is 20.3. The second-order valence-electron chi connectivity index (χ2n) is 7.41. The molecular formula is C23H29FN2O2. The van der Waals surface area contributed by atoms with E-state index in [4.69, 9.17) is 4.74 Å². The molecule has 4 nitrogen and oxygen atoms in total. The normalized spacial score (nSPS) is 17.3. The van der Waals surface area contributed by atoms with Gasteiger partial charge in [0.05, 0.1) is 13.0 Å². The lowest BCUT2D eigenvalue weighted by molar-refractivity contribution is -0.126. The summed E-state index contributed by atoms with van der Waals surface area (Å²) >= 11 is 0. The summed E-state index contributed by atoms with van der Waals surface area (Å²) in [5.41, 5.74) is 2.25. The Kier molecular flexibility index (Phi) is 7.43. The highest BCUT2D eigenvalue weighted by Crippen LogP contribution is 2.20. The Bertz CT molecular complexity index is 763. The van der Waals surface area contributed by atoms with Crippen molar-refractivity contribution in [1.29, 1.82) is 0 Å². The van der Waals surface area contributed by atoms with Gasteiger partial charge in [0.2, 0.25) is 5.91 Å². The van der Waals surface area contributed by atoms with E-state index in [1.165, 1.54) is 17.7 Å². The van der Waals surface area contributed by atoms with Crippen molar-refractivity contribution in [3.8, 4) is 5.75 Å². The average Bonchev–Trinajstić information content (AvgIpc) is 2.73. The molecule has 1 amide bonds. The lowest BCUT2D eigenvalue weighted by Crippen LogP contribution is -2.42. The fourth-order valence-corrected chi connectivity index (χ4v) is 3.81. The van der Waals surface area contributed by atoms with Crippen LogP contribution in [-0.4, -0.2) is 37.6 Å². The van der Waals surface area contributed by atoms with Crippen molar-refractivity contribution in [3.63, 3.8) is 0 Å². The zero-order valence-electron chi connectivity index (χ0n) is 16.5. The maximum absolute atomic E-state index is 13.1. The van der Waals surface area contributed by atoms with E-state index in [0.29, 0.717) is 6.54 Å². The standard InChI is InChI=1S/C23H29FN2O2/c1-28-22-9-3-2-6-19(22)7-4-14-25-23(27)20-8-5-15-26(17-20)16-18-10-12-21(24)13-11-18/h2-3,6,9-13,20H,4-5,7-8,14-17H2,1H3,(H,25,27)/t20-/m0/s1. The van der Waals surface area contributed by atoms with Crippen LogP contribution >= 0.6 is 0 Å². The highest BCUT2D eigenvalue weighted by molar-refractivity contribution is 5.78. The molecule has 3 rings (SSSR count). The van der Waals surface area contributed by atoms with Crippen LogP contribution in [0.5, 0.6) is 5.75 Å². The molecule has 150 valence electrons.